The zero-order valence-electron chi connectivity index (χ0n) is 9.91. The van der Waals surface area contributed by atoms with E-state index >= 15 is 0 Å². The minimum Gasteiger partial charge on any atom is -0.383 e. The molecule has 0 atom stereocenters. The number of alkyl halides is 1. The molecule has 5 heteroatoms. The molecule has 0 amide bonds. The number of thiazole rings is 1. The molecule has 0 unspecified atom stereocenters. The van der Waals surface area contributed by atoms with Crippen LogP contribution in [0.25, 0.3) is 0 Å². The maximum absolute atomic E-state index is 5.72. The maximum Gasteiger partial charge on any atom is 0.0941 e. The van der Waals surface area contributed by atoms with Gasteiger partial charge < -0.3 is 9.64 Å². The zero-order chi connectivity index (χ0) is 11.8. The van der Waals surface area contributed by atoms with Gasteiger partial charge in [-0.05, 0) is 6.54 Å². The summed E-state index contributed by atoms with van der Waals surface area (Å²) in [6.45, 7) is 6.03. The highest BCUT2D eigenvalue weighted by molar-refractivity contribution is 7.09. The van der Waals surface area contributed by atoms with E-state index in [2.05, 4.69) is 16.8 Å². The predicted molar refractivity (Wildman–Crippen MR) is 69.4 cm³/mol. The van der Waals surface area contributed by atoms with E-state index in [1.54, 1.807) is 18.4 Å². The van der Waals surface area contributed by atoms with E-state index in [0.29, 0.717) is 5.88 Å². The molecular formula is C11H19ClN2OS. The Kier molecular flexibility index (Phi) is 6.96. The van der Waals surface area contributed by atoms with Gasteiger partial charge in [-0.15, -0.1) is 22.9 Å². The van der Waals surface area contributed by atoms with Crippen molar-refractivity contribution in [2.24, 2.45) is 0 Å². The lowest BCUT2D eigenvalue weighted by atomic mass is 10.4. The number of halogens is 1. The van der Waals surface area contributed by atoms with E-state index in [1.807, 2.05) is 5.38 Å². The average molecular weight is 263 g/mol. The molecule has 0 fully saturated rings. The van der Waals surface area contributed by atoms with E-state index in [-0.39, 0.29) is 0 Å². The molecule has 1 rings (SSSR count). The Bertz CT molecular complexity index is 293. The van der Waals surface area contributed by atoms with Crippen LogP contribution in [0.5, 0.6) is 0 Å². The Morgan fingerprint density at radius 1 is 1.50 bits per heavy atom. The predicted octanol–water partition coefficient (Wildman–Crippen LogP) is 2.39. The minimum absolute atomic E-state index is 0.512. The van der Waals surface area contributed by atoms with Gasteiger partial charge in [-0.2, -0.15) is 0 Å². The van der Waals surface area contributed by atoms with Gasteiger partial charge in [0.15, 0.2) is 0 Å². The second-order valence-corrected chi connectivity index (χ2v) is 4.75. The van der Waals surface area contributed by atoms with Crippen molar-refractivity contribution >= 4 is 22.9 Å². The molecule has 0 bridgehead atoms. The summed E-state index contributed by atoms with van der Waals surface area (Å²) in [5.41, 5.74) is 0.988. The fraction of sp³-hybridized carbons (Fsp3) is 0.727. The quantitative estimate of drug-likeness (QED) is 0.673. The van der Waals surface area contributed by atoms with Crippen LogP contribution in [-0.2, 0) is 17.0 Å². The summed E-state index contributed by atoms with van der Waals surface area (Å²) in [5, 5.41) is 3.21. The van der Waals surface area contributed by atoms with Gasteiger partial charge in [0.1, 0.15) is 0 Å². The smallest absolute Gasteiger partial charge is 0.0941 e. The van der Waals surface area contributed by atoms with Crippen LogP contribution in [0.2, 0.25) is 0 Å². The highest BCUT2D eigenvalue weighted by Gasteiger charge is 2.05. The summed E-state index contributed by atoms with van der Waals surface area (Å²) in [5.74, 6) is 0.512. The highest BCUT2D eigenvalue weighted by Crippen LogP contribution is 2.12. The standard InChI is InChI=1S/C11H19ClN2OS/c1-3-14(6-7-15-2)5-4-11-13-10(8-12)9-16-11/h9H,3-8H2,1-2H3. The van der Waals surface area contributed by atoms with E-state index in [4.69, 9.17) is 16.3 Å². The van der Waals surface area contributed by atoms with Gasteiger partial charge in [-0.3, -0.25) is 0 Å². The van der Waals surface area contributed by atoms with Crippen LogP contribution in [0.1, 0.15) is 17.6 Å². The molecule has 1 heterocycles. The molecule has 0 aromatic carbocycles. The number of hydrogen-bond donors (Lipinski definition) is 0. The number of methoxy groups -OCH3 is 1. The van der Waals surface area contributed by atoms with Gasteiger partial charge in [0.05, 0.1) is 23.2 Å². The molecule has 0 radical (unpaired) electrons. The Hall–Kier alpha value is -0.160. The molecule has 1 aromatic heterocycles. The molecule has 0 aliphatic carbocycles. The van der Waals surface area contributed by atoms with Crippen LogP contribution < -0.4 is 0 Å². The molecule has 0 N–H and O–H groups in total. The Morgan fingerprint density at radius 3 is 2.88 bits per heavy atom. The Morgan fingerprint density at radius 2 is 2.31 bits per heavy atom. The highest BCUT2D eigenvalue weighted by atomic mass is 35.5. The van der Waals surface area contributed by atoms with Crippen molar-refractivity contribution in [2.75, 3.05) is 33.4 Å². The fourth-order valence-corrected chi connectivity index (χ4v) is 2.44. The number of aromatic nitrogens is 1. The van der Waals surface area contributed by atoms with E-state index in [9.17, 15) is 0 Å². The van der Waals surface area contributed by atoms with Gasteiger partial charge in [0, 0.05) is 32.0 Å². The lowest BCUT2D eigenvalue weighted by Crippen LogP contribution is -2.29. The number of ether oxygens (including phenoxy) is 1. The van der Waals surface area contributed by atoms with Crippen molar-refractivity contribution in [1.82, 2.24) is 9.88 Å². The van der Waals surface area contributed by atoms with Crippen LogP contribution >= 0.6 is 22.9 Å². The van der Waals surface area contributed by atoms with Crippen molar-refractivity contribution in [1.29, 1.82) is 0 Å². The molecule has 3 nitrogen and oxygen atoms in total. The summed E-state index contributed by atoms with van der Waals surface area (Å²) in [6, 6.07) is 0. The summed E-state index contributed by atoms with van der Waals surface area (Å²) in [4.78, 5) is 6.81. The van der Waals surface area contributed by atoms with Crippen LogP contribution in [-0.4, -0.2) is 43.2 Å². The molecular weight excluding hydrogens is 244 g/mol. The maximum atomic E-state index is 5.72. The third kappa shape index (κ3) is 4.78. The van der Waals surface area contributed by atoms with Gasteiger partial charge >= 0.3 is 0 Å². The number of nitrogens with zero attached hydrogens (tertiary/aromatic N) is 2. The second-order valence-electron chi connectivity index (χ2n) is 3.54. The summed E-state index contributed by atoms with van der Waals surface area (Å²) < 4.78 is 5.08. The van der Waals surface area contributed by atoms with Crippen molar-refractivity contribution in [3.05, 3.63) is 16.1 Å². The first-order valence-corrected chi connectivity index (χ1v) is 6.92. The van der Waals surface area contributed by atoms with E-state index in [1.165, 1.54) is 5.01 Å². The average Bonchev–Trinajstić information content (AvgIpc) is 2.77. The summed E-state index contributed by atoms with van der Waals surface area (Å²) in [7, 11) is 1.74. The largest absolute Gasteiger partial charge is 0.383 e. The van der Waals surface area contributed by atoms with E-state index in [0.717, 1.165) is 38.4 Å². The monoisotopic (exact) mass is 262 g/mol. The second kappa shape index (κ2) is 8.01. The molecule has 92 valence electrons. The third-order valence-corrected chi connectivity index (χ3v) is 3.67. The first kappa shape index (κ1) is 13.9. The van der Waals surface area contributed by atoms with Gasteiger partial charge in [0.2, 0.25) is 0 Å². The fourth-order valence-electron chi connectivity index (χ4n) is 1.43. The zero-order valence-corrected chi connectivity index (χ0v) is 11.5. The first-order chi connectivity index (χ1) is 7.80. The normalized spacial score (nSPS) is 11.2. The SMILES string of the molecule is CCN(CCOC)CCc1nc(CCl)cs1. The van der Waals surface area contributed by atoms with Crippen LogP contribution in [0.4, 0.5) is 0 Å². The summed E-state index contributed by atoms with van der Waals surface area (Å²) >= 11 is 7.41. The molecule has 16 heavy (non-hydrogen) atoms. The molecule has 0 aliphatic rings. The van der Waals surface area contributed by atoms with Gasteiger partial charge in [-0.25, -0.2) is 4.98 Å². The molecule has 1 aromatic rings. The topological polar surface area (TPSA) is 25.4 Å². The van der Waals surface area contributed by atoms with Crippen molar-refractivity contribution < 1.29 is 4.74 Å². The van der Waals surface area contributed by atoms with Crippen LogP contribution in [0, 0.1) is 0 Å². The molecule has 0 aliphatic heterocycles. The third-order valence-electron chi connectivity index (χ3n) is 2.44. The number of rotatable bonds is 8. The molecule has 0 saturated carbocycles. The minimum atomic E-state index is 0.512. The van der Waals surface area contributed by atoms with Crippen molar-refractivity contribution in [3.63, 3.8) is 0 Å². The molecule has 0 saturated heterocycles. The lowest BCUT2D eigenvalue weighted by Gasteiger charge is -2.18. The first-order valence-electron chi connectivity index (χ1n) is 5.50. The lowest BCUT2D eigenvalue weighted by molar-refractivity contribution is 0.151. The number of hydrogen-bond acceptors (Lipinski definition) is 4. The van der Waals surface area contributed by atoms with E-state index < -0.39 is 0 Å². The van der Waals surface area contributed by atoms with Crippen molar-refractivity contribution in [2.45, 2.75) is 19.2 Å². The summed E-state index contributed by atoms with van der Waals surface area (Å²) in [6.07, 6.45) is 0.999. The van der Waals surface area contributed by atoms with Gasteiger partial charge in [0.25, 0.3) is 0 Å². The Labute approximate surface area is 106 Å². The van der Waals surface area contributed by atoms with Crippen LogP contribution in [0.15, 0.2) is 5.38 Å². The van der Waals surface area contributed by atoms with Crippen molar-refractivity contribution in [3.8, 4) is 0 Å². The molecule has 0 spiro atoms. The Balaban J connectivity index is 2.31. The van der Waals surface area contributed by atoms with Crippen LogP contribution in [0.3, 0.4) is 0 Å². The number of likely N-dealkylation sites (N-methyl/N-ethyl adjacent to an activating group) is 1. The van der Waals surface area contributed by atoms with Gasteiger partial charge in [-0.1, -0.05) is 6.92 Å².